The first-order valence-corrected chi connectivity index (χ1v) is 7.18. The topological polar surface area (TPSA) is 65.6 Å². The molecule has 1 atom stereocenters. The Morgan fingerprint density at radius 3 is 2.95 bits per heavy atom. The molecule has 0 fully saturated rings. The predicted octanol–water partition coefficient (Wildman–Crippen LogP) is 2.23. The molecular formula is C16H17N5. The Morgan fingerprint density at radius 1 is 1.14 bits per heavy atom. The van der Waals surface area contributed by atoms with Gasteiger partial charge in [-0.05, 0) is 23.3 Å². The molecule has 0 spiro atoms. The highest BCUT2D eigenvalue weighted by Crippen LogP contribution is 2.29. The molecule has 5 nitrogen and oxygen atoms in total. The third-order valence-corrected chi connectivity index (χ3v) is 4.04. The minimum Gasteiger partial charge on any atom is -0.373 e. The number of hydrogen-bond acceptors (Lipinski definition) is 4. The predicted molar refractivity (Wildman–Crippen MR) is 83.4 cm³/mol. The zero-order valence-electron chi connectivity index (χ0n) is 11.9. The van der Waals surface area contributed by atoms with Crippen molar-refractivity contribution < 1.29 is 0 Å². The number of nitrogens with one attached hydrogen (secondary N) is 3. The highest BCUT2D eigenvalue weighted by molar-refractivity contribution is 5.73. The van der Waals surface area contributed by atoms with Crippen LogP contribution in [-0.4, -0.2) is 28.5 Å². The lowest BCUT2D eigenvalue weighted by molar-refractivity contribution is 0.576. The molecule has 0 aliphatic carbocycles. The van der Waals surface area contributed by atoms with Crippen molar-refractivity contribution in [3.63, 3.8) is 0 Å². The van der Waals surface area contributed by atoms with E-state index in [0.29, 0.717) is 0 Å². The summed E-state index contributed by atoms with van der Waals surface area (Å²) >= 11 is 0. The fourth-order valence-electron chi connectivity index (χ4n) is 2.96. The summed E-state index contributed by atoms with van der Waals surface area (Å²) in [6, 6.07) is 12.5. The van der Waals surface area contributed by atoms with Crippen LogP contribution in [0.25, 0.3) is 11.2 Å². The minimum absolute atomic E-state index is 0.252. The maximum absolute atomic E-state index is 4.70. The number of aromatic nitrogens is 3. The molecule has 4 rings (SSSR count). The molecule has 1 aliphatic heterocycles. The number of benzene rings is 1. The molecule has 1 aromatic carbocycles. The molecule has 0 saturated carbocycles. The fraction of sp³-hybridized carbons (Fsp3) is 0.250. The number of nitrogens with zero attached hydrogens (tertiary/aromatic N) is 2. The number of anilines is 1. The summed E-state index contributed by atoms with van der Waals surface area (Å²) in [5.74, 6) is 2.07. The first-order chi connectivity index (χ1) is 10.3. The van der Waals surface area contributed by atoms with E-state index in [1.165, 1.54) is 11.1 Å². The monoisotopic (exact) mass is 279 g/mol. The van der Waals surface area contributed by atoms with Crippen molar-refractivity contribution in [1.82, 2.24) is 20.3 Å². The van der Waals surface area contributed by atoms with Crippen LogP contribution in [0.1, 0.15) is 22.9 Å². The highest BCUT2D eigenvalue weighted by Gasteiger charge is 2.24. The van der Waals surface area contributed by atoms with Crippen molar-refractivity contribution in [2.24, 2.45) is 0 Å². The van der Waals surface area contributed by atoms with Gasteiger partial charge in [0.25, 0.3) is 0 Å². The van der Waals surface area contributed by atoms with E-state index >= 15 is 0 Å². The van der Waals surface area contributed by atoms with E-state index < -0.39 is 0 Å². The van der Waals surface area contributed by atoms with Gasteiger partial charge in [0.2, 0.25) is 0 Å². The number of H-pyrrole nitrogens is 1. The number of aromatic amines is 1. The van der Waals surface area contributed by atoms with Crippen LogP contribution in [0.4, 0.5) is 5.82 Å². The number of hydrogen-bond donors (Lipinski definition) is 3. The van der Waals surface area contributed by atoms with Gasteiger partial charge in [0, 0.05) is 20.1 Å². The number of pyridine rings is 1. The summed E-state index contributed by atoms with van der Waals surface area (Å²) in [7, 11) is 1.86. The van der Waals surface area contributed by atoms with E-state index in [2.05, 4.69) is 44.9 Å². The van der Waals surface area contributed by atoms with Crippen LogP contribution in [0, 0.1) is 0 Å². The first kappa shape index (κ1) is 12.3. The van der Waals surface area contributed by atoms with Crippen LogP contribution in [0.5, 0.6) is 0 Å². The Morgan fingerprint density at radius 2 is 2.05 bits per heavy atom. The van der Waals surface area contributed by atoms with Crippen LogP contribution in [0.15, 0.2) is 36.4 Å². The number of fused-ring (bicyclic) bond motifs is 2. The van der Waals surface area contributed by atoms with E-state index in [4.69, 9.17) is 4.98 Å². The van der Waals surface area contributed by atoms with E-state index in [1.807, 2.05) is 19.2 Å². The summed E-state index contributed by atoms with van der Waals surface area (Å²) in [5.41, 5.74) is 4.44. The average Bonchev–Trinajstić information content (AvgIpc) is 2.97. The van der Waals surface area contributed by atoms with E-state index in [9.17, 15) is 0 Å². The quantitative estimate of drug-likeness (QED) is 0.673. The molecule has 1 unspecified atom stereocenters. The van der Waals surface area contributed by atoms with Crippen LogP contribution < -0.4 is 10.6 Å². The molecule has 0 amide bonds. The Kier molecular flexibility index (Phi) is 2.86. The standard InChI is InChI=1S/C16H17N5/c1-17-14-7-6-13-16(20-14)21-15(19-13)12-9-18-8-10-4-2-3-5-11(10)12/h2-7,12,18H,8-9H2,1H3,(H2,17,19,20,21). The molecule has 0 radical (unpaired) electrons. The van der Waals surface area contributed by atoms with Gasteiger partial charge in [0.1, 0.15) is 11.6 Å². The molecule has 2 aromatic heterocycles. The Balaban J connectivity index is 1.80. The summed E-state index contributed by atoms with van der Waals surface area (Å²) in [5, 5.41) is 6.51. The molecule has 3 heterocycles. The van der Waals surface area contributed by atoms with Gasteiger partial charge in [-0.2, -0.15) is 0 Å². The van der Waals surface area contributed by atoms with Gasteiger partial charge in [-0.25, -0.2) is 9.97 Å². The smallest absolute Gasteiger partial charge is 0.179 e. The van der Waals surface area contributed by atoms with Gasteiger partial charge < -0.3 is 15.6 Å². The summed E-state index contributed by atoms with van der Waals surface area (Å²) in [6.45, 7) is 1.82. The third kappa shape index (κ3) is 2.06. The highest BCUT2D eigenvalue weighted by atomic mass is 15.1. The first-order valence-electron chi connectivity index (χ1n) is 7.18. The third-order valence-electron chi connectivity index (χ3n) is 4.04. The van der Waals surface area contributed by atoms with Crippen LogP contribution in [0.3, 0.4) is 0 Å². The van der Waals surface area contributed by atoms with Gasteiger partial charge >= 0.3 is 0 Å². The number of rotatable bonds is 2. The lowest BCUT2D eigenvalue weighted by atomic mass is 9.90. The van der Waals surface area contributed by atoms with Gasteiger partial charge in [-0.3, -0.25) is 0 Å². The maximum atomic E-state index is 4.70. The zero-order chi connectivity index (χ0) is 14.2. The lowest BCUT2D eigenvalue weighted by Crippen LogP contribution is -2.29. The van der Waals surface area contributed by atoms with Crippen molar-refractivity contribution in [3.05, 3.63) is 53.3 Å². The molecule has 21 heavy (non-hydrogen) atoms. The van der Waals surface area contributed by atoms with E-state index in [-0.39, 0.29) is 5.92 Å². The maximum Gasteiger partial charge on any atom is 0.179 e. The van der Waals surface area contributed by atoms with Crippen molar-refractivity contribution >= 4 is 17.0 Å². The van der Waals surface area contributed by atoms with Crippen molar-refractivity contribution in [3.8, 4) is 0 Å². The summed E-state index contributed by atoms with van der Waals surface area (Å²) in [6.07, 6.45) is 0. The van der Waals surface area contributed by atoms with Crippen molar-refractivity contribution in [2.45, 2.75) is 12.5 Å². The van der Waals surface area contributed by atoms with Crippen LogP contribution >= 0.6 is 0 Å². The molecule has 1 aliphatic rings. The molecular weight excluding hydrogens is 262 g/mol. The van der Waals surface area contributed by atoms with Crippen molar-refractivity contribution in [1.29, 1.82) is 0 Å². The Bertz CT molecular complexity index is 792. The van der Waals surface area contributed by atoms with E-state index in [1.54, 1.807) is 0 Å². The SMILES string of the molecule is CNc1ccc2[nH]c(C3CNCc4ccccc43)nc2n1. The molecule has 3 aromatic rings. The largest absolute Gasteiger partial charge is 0.373 e. The second-order valence-electron chi connectivity index (χ2n) is 5.32. The zero-order valence-corrected chi connectivity index (χ0v) is 11.9. The summed E-state index contributed by atoms with van der Waals surface area (Å²) in [4.78, 5) is 12.6. The van der Waals surface area contributed by atoms with Crippen molar-refractivity contribution in [2.75, 3.05) is 18.9 Å². The van der Waals surface area contributed by atoms with Gasteiger partial charge in [-0.1, -0.05) is 24.3 Å². The normalized spacial score (nSPS) is 17.7. The van der Waals surface area contributed by atoms with E-state index in [0.717, 1.165) is 35.9 Å². The van der Waals surface area contributed by atoms with Crippen LogP contribution in [-0.2, 0) is 6.54 Å². The fourth-order valence-corrected chi connectivity index (χ4v) is 2.96. The second-order valence-corrected chi connectivity index (χ2v) is 5.32. The molecule has 0 saturated heterocycles. The second kappa shape index (κ2) is 4.86. The summed E-state index contributed by atoms with van der Waals surface area (Å²) < 4.78 is 0. The van der Waals surface area contributed by atoms with Gasteiger partial charge in [-0.15, -0.1) is 0 Å². The molecule has 0 bridgehead atoms. The average molecular weight is 279 g/mol. The lowest BCUT2D eigenvalue weighted by Gasteiger charge is -2.24. The van der Waals surface area contributed by atoms with Gasteiger partial charge in [0.05, 0.1) is 11.4 Å². The number of imidazole rings is 1. The Labute approximate surface area is 122 Å². The molecule has 3 N–H and O–H groups in total. The van der Waals surface area contributed by atoms with Crippen LogP contribution in [0.2, 0.25) is 0 Å². The van der Waals surface area contributed by atoms with Gasteiger partial charge in [0.15, 0.2) is 5.65 Å². The minimum atomic E-state index is 0.252. The molecule has 5 heteroatoms. The Hall–Kier alpha value is -2.40. The molecule has 106 valence electrons.